The molecule has 0 amide bonds. The number of anilines is 1. The Hall–Kier alpha value is -1.65. The molecule has 0 saturated carbocycles. The van der Waals surface area contributed by atoms with Crippen LogP contribution in [0.1, 0.15) is 22.7 Å². The molecule has 0 heterocycles. The van der Waals surface area contributed by atoms with Gasteiger partial charge in [0.1, 0.15) is 6.04 Å². The predicted molar refractivity (Wildman–Crippen MR) is 53.8 cm³/mol. The summed E-state index contributed by atoms with van der Waals surface area (Å²) in [6, 6.07) is -3.49. The first-order valence-corrected chi connectivity index (χ1v) is 5.05. The summed E-state index contributed by atoms with van der Waals surface area (Å²) in [5.41, 5.74) is 2.05. The van der Waals surface area contributed by atoms with Gasteiger partial charge in [0.05, 0.1) is 11.1 Å². The van der Waals surface area contributed by atoms with Crippen molar-refractivity contribution in [3.63, 3.8) is 0 Å². The Morgan fingerprint density at radius 2 is 1.10 bits per heavy atom. The lowest BCUT2D eigenvalue weighted by molar-refractivity contribution is -0.161. The quantitative estimate of drug-likeness (QED) is 0.608. The fraction of sp³-hybridized carbons (Fsp3) is 0.400. The van der Waals surface area contributed by atoms with E-state index in [2.05, 4.69) is 5.73 Å². The van der Waals surface area contributed by atoms with E-state index in [0.29, 0.717) is 0 Å². The Balaban J connectivity index is 3.78. The summed E-state index contributed by atoms with van der Waals surface area (Å²) in [6.45, 7) is 0. The van der Waals surface area contributed by atoms with Gasteiger partial charge in [-0.3, -0.25) is 0 Å². The average Bonchev–Trinajstić information content (AvgIpc) is 2.23. The van der Waals surface area contributed by atoms with Crippen LogP contribution in [0.15, 0.2) is 12.1 Å². The highest BCUT2D eigenvalue weighted by atomic mass is 19.4. The predicted octanol–water partition coefficient (Wildman–Crippen LogP) is 3.87. The highest BCUT2D eigenvalue weighted by Crippen LogP contribution is 2.46. The van der Waals surface area contributed by atoms with E-state index in [4.69, 9.17) is 5.73 Å². The summed E-state index contributed by atoms with van der Waals surface area (Å²) >= 11 is 0. The highest BCUT2D eigenvalue weighted by molar-refractivity contribution is 5.53. The van der Waals surface area contributed by atoms with Crippen molar-refractivity contribution in [2.24, 2.45) is 5.73 Å². The lowest BCUT2D eigenvalue weighted by Gasteiger charge is -2.25. The first kappa shape index (κ1) is 17.4. The van der Waals surface area contributed by atoms with Crippen LogP contribution in [0.3, 0.4) is 0 Å². The van der Waals surface area contributed by atoms with E-state index in [9.17, 15) is 39.5 Å². The molecule has 11 heteroatoms. The van der Waals surface area contributed by atoms with Crippen LogP contribution in [0, 0.1) is 0 Å². The Bertz CT molecular complexity index is 492. The van der Waals surface area contributed by atoms with E-state index in [1.807, 2.05) is 0 Å². The van der Waals surface area contributed by atoms with Gasteiger partial charge in [0, 0.05) is 11.3 Å². The molecule has 0 aliphatic carbocycles. The standard InChI is InChI=1S/C10H7F9N2/c11-8(12,13)4-1-3(20)2-5(9(14,15)16)6(4)7(21)10(17,18)19/h1-2,7H,20-21H2/t7-/m1/s1. The molecule has 1 rings (SSSR count). The zero-order chi connectivity index (χ0) is 16.8. The number of nitrogens with two attached hydrogens (primary N) is 2. The van der Waals surface area contributed by atoms with Crippen molar-refractivity contribution in [2.75, 3.05) is 5.73 Å². The Kier molecular flexibility index (Phi) is 4.12. The van der Waals surface area contributed by atoms with Crippen LogP contribution in [0.5, 0.6) is 0 Å². The van der Waals surface area contributed by atoms with Gasteiger partial charge in [-0.25, -0.2) is 0 Å². The van der Waals surface area contributed by atoms with Crippen LogP contribution in [-0.4, -0.2) is 6.18 Å². The smallest absolute Gasteiger partial charge is 0.399 e. The van der Waals surface area contributed by atoms with Crippen LogP contribution in [-0.2, 0) is 12.4 Å². The van der Waals surface area contributed by atoms with Gasteiger partial charge in [0.2, 0.25) is 0 Å². The number of halogens is 9. The van der Waals surface area contributed by atoms with Gasteiger partial charge in [-0.15, -0.1) is 0 Å². The largest absolute Gasteiger partial charge is 0.416 e. The van der Waals surface area contributed by atoms with Gasteiger partial charge in [-0.05, 0) is 12.1 Å². The SMILES string of the molecule is Nc1cc(C(F)(F)F)c([C@@H](N)C(F)(F)F)c(C(F)(F)F)c1. The molecule has 1 atom stereocenters. The third-order valence-electron chi connectivity index (χ3n) is 2.48. The van der Waals surface area contributed by atoms with Crippen LogP contribution in [0.2, 0.25) is 0 Å². The summed E-state index contributed by atoms with van der Waals surface area (Å²) in [4.78, 5) is 0. The topological polar surface area (TPSA) is 52.0 Å². The number of hydrogen-bond acceptors (Lipinski definition) is 2. The van der Waals surface area contributed by atoms with E-state index in [1.54, 1.807) is 0 Å². The molecule has 0 saturated heterocycles. The van der Waals surface area contributed by atoms with Crippen LogP contribution < -0.4 is 11.5 Å². The second-order valence-electron chi connectivity index (χ2n) is 4.04. The molecule has 0 aliphatic heterocycles. The third kappa shape index (κ3) is 3.71. The van der Waals surface area contributed by atoms with Crippen molar-refractivity contribution in [3.05, 3.63) is 28.8 Å². The van der Waals surface area contributed by atoms with Gasteiger partial charge < -0.3 is 11.5 Å². The Morgan fingerprint density at radius 1 is 0.762 bits per heavy atom. The second kappa shape index (κ2) is 4.97. The molecule has 1 aromatic carbocycles. The number of benzene rings is 1. The average molecular weight is 326 g/mol. The molecule has 2 nitrogen and oxygen atoms in total. The maximum atomic E-state index is 12.7. The van der Waals surface area contributed by atoms with Gasteiger partial charge >= 0.3 is 18.5 Å². The fourth-order valence-electron chi connectivity index (χ4n) is 1.64. The molecule has 4 N–H and O–H groups in total. The maximum Gasteiger partial charge on any atom is 0.416 e. The minimum Gasteiger partial charge on any atom is -0.399 e. The molecular weight excluding hydrogens is 319 g/mol. The summed E-state index contributed by atoms with van der Waals surface area (Å²) in [5, 5.41) is 0. The molecule has 0 aliphatic rings. The van der Waals surface area contributed by atoms with Gasteiger partial charge in [0.15, 0.2) is 0 Å². The first-order valence-electron chi connectivity index (χ1n) is 5.05. The minimum absolute atomic E-state index is 0.0177. The monoisotopic (exact) mass is 326 g/mol. The molecule has 0 unspecified atom stereocenters. The summed E-state index contributed by atoms with van der Waals surface area (Å²) < 4.78 is 114. The molecule has 0 radical (unpaired) electrons. The molecule has 0 bridgehead atoms. The maximum absolute atomic E-state index is 12.7. The third-order valence-corrected chi connectivity index (χ3v) is 2.48. The van der Waals surface area contributed by atoms with Gasteiger partial charge in [0.25, 0.3) is 0 Å². The molecule has 21 heavy (non-hydrogen) atoms. The number of rotatable bonds is 1. The molecule has 120 valence electrons. The van der Waals surface area contributed by atoms with Crippen molar-refractivity contribution in [1.82, 2.24) is 0 Å². The second-order valence-corrected chi connectivity index (χ2v) is 4.04. The van der Waals surface area contributed by atoms with Crippen LogP contribution in [0.4, 0.5) is 45.2 Å². The van der Waals surface area contributed by atoms with Crippen LogP contribution >= 0.6 is 0 Å². The Labute approximate surface area is 111 Å². The molecule has 0 fully saturated rings. The molecule has 0 aromatic heterocycles. The van der Waals surface area contributed by atoms with Crippen molar-refractivity contribution < 1.29 is 39.5 Å². The zero-order valence-corrected chi connectivity index (χ0v) is 9.79. The lowest BCUT2D eigenvalue weighted by atomic mass is 9.93. The number of alkyl halides is 9. The minimum atomic E-state index is -5.49. The van der Waals surface area contributed by atoms with E-state index in [1.165, 1.54) is 0 Å². The summed E-state index contributed by atoms with van der Waals surface area (Å²) in [5.74, 6) is 0. The van der Waals surface area contributed by atoms with E-state index in [-0.39, 0.29) is 12.1 Å². The highest BCUT2D eigenvalue weighted by Gasteiger charge is 2.49. The summed E-state index contributed by atoms with van der Waals surface area (Å²) in [7, 11) is 0. The van der Waals surface area contributed by atoms with Gasteiger partial charge in [-0.2, -0.15) is 39.5 Å². The molecule has 1 aromatic rings. The lowest BCUT2D eigenvalue weighted by Crippen LogP contribution is -2.33. The van der Waals surface area contributed by atoms with Crippen molar-refractivity contribution in [3.8, 4) is 0 Å². The van der Waals surface area contributed by atoms with Crippen molar-refractivity contribution in [1.29, 1.82) is 0 Å². The van der Waals surface area contributed by atoms with Crippen molar-refractivity contribution >= 4 is 5.69 Å². The first-order chi connectivity index (χ1) is 9.15. The zero-order valence-electron chi connectivity index (χ0n) is 9.79. The molecule has 0 spiro atoms. The van der Waals surface area contributed by atoms with E-state index in [0.717, 1.165) is 0 Å². The number of hydrogen-bond donors (Lipinski definition) is 2. The van der Waals surface area contributed by atoms with Crippen LogP contribution in [0.25, 0.3) is 0 Å². The van der Waals surface area contributed by atoms with Crippen molar-refractivity contribution in [2.45, 2.75) is 24.6 Å². The number of nitrogen functional groups attached to an aromatic ring is 1. The van der Waals surface area contributed by atoms with Gasteiger partial charge in [-0.1, -0.05) is 0 Å². The van der Waals surface area contributed by atoms with E-state index < -0.39 is 46.9 Å². The molecular formula is C10H7F9N2. The fourth-order valence-corrected chi connectivity index (χ4v) is 1.64. The summed E-state index contributed by atoms with van der Waals surface area (Å²) in [6.07, 6.45) is -16.4. The Morgan fingerprint density at radius 3 is 1.33 bits per heavy atom. The normalized spacial score (nSPS) is 15.1. The van der Waals surface area contributed by atoms with E-state index >= 15 is 0 Å².